The molecule has 0 radical (unpaired) electrons. The maximum Gasteiger partial charge on any atom is 0.205 e. The number of nitrogen functional groups attached to an aromatic ring is 1. The predicted octanol–water partition coefficient (Wildman–Crippen LogP) is 1.99. The second-order valence-electron chi connectivity index (χ2n) is 4.44. The van der Waals surface area contributed by atoms with Crippen LogP contribution in [-0.2, 0) is 0 Å². The molecule has 1 aromatic carbocycles. The molecule has 20 heavy (non-hydrogen) atoms. The zero-order valence-electron chi connectivity index (χ0n) is 11.6. The van der Waals surface area contributed by atoms with E-state index in [0.717, 1.165) is 6.54 Å². The molecule has 0 saturated carbocycles. The summed E-state index contributed by atoms with van der Waals surface area (Å²) in [5.74, 6) is 7.33. The van der Waals surface area contributed by atoms with E-state index in [-0.39, 0.29) is 0 Å². The number of nitrogens with one attached hydrogen (secondary N) is 2. The Morgan fingerprint density at radius 3 is 2.55 bits per heavy atom. The Kier molecular flexibility index (Phi) is 4.73. The average Bonchev–Trinajstić information content (AvgIpc) is 2.52. The van der Waals surface area contributed by atoms with Crippen LogP contribution in [0.4, 0.5) is 11.6 Å². The van der Waals surface area contributed by atoms with Gasteiger partial charge in [0.1, 0.15) is 6.33 Å². The molecular formula is C14H19N5O. The highest BCUT2D eigenvalue weighted by Crippen LogP contribution is 2.28. The van der Waals surface area contributed by atoms with E-state index in [9.17, 15) is 0 Å². The van der Waals surface area contributed by atoms with E-state index >= 15 is 0 Å². The van der Waals surface area contributed by atoms with E-state index in [1.165, 1.54) is 11.9 Å². The van der Waals surface area contributed by atoms with Gasteiger partial charge in [0, 0.05) is 6.54 Å². The van der Waals surface area contributed by atoms with Crippen molar-refractivity contribution in [2.75, 3.05) is 24.4 Å². The van der Waals surface area contributed by atoms with Crippen molar-refractivity contribution in [2.24, 2.45) is 5.84 Å². The summed E-state index contributed by atoms with van der Waals surface area (Å²) in [6, 6.07) is 10.3. The van der Waals surface area contributed by atoms with E-state index in [4.69, 9.17) is 10.6 Å². The average molecular weight is 273 g/mol. The largest absolute Gasteiger partial charge is 0.490 e. The van der Waals surface area contributed by atoms with Crippen LogP contribution in [0.15, 0.2) is 36.7 Å². The third-order valence-corrected chi connectivity index (χ3v) is 3.09. The number of anilines is 2. The molecule has 1 atom stereocenters. The quantitative estimate of drug-likeness (QED) is 0.551. The second-order valence-corrected chi connectivity index (χ2v) is 4.44. The maximum atomic E-state index is 5.39. The predicted molar refractivity (Wildman–Crippen MR) is 79.7 cm³/mol. The Hall–Kier alpha value is -2.34. The van der Waals surface area contributed by atoms with Gasteiger partial charge >= 0.3 is 0 Å². The number of aromatic nitrogens is 2. The van der Waals surface area contributed by atoms with Crippen LogP contribution >= 0.6 is 0 Å². The van der Waals surface area contributed by atoms with Gasteiger partial charge in [-0.15, -0.1) is 0 Å². The molecule has 4 N–H and O–H groups in total. The van der Waals surface area contributed by atoms with Gasteiger partial charge in [0.15, 0.2) is 11.6 Å². The summed E-state index contributed by atoms with van der Waals surface area (Å²) in [4.78, 5) is 8.18. The van der Waals surface area contributed by atoms with Crippen LogP contribution in [0.3, 0.4) is 0 Å². The van der Waals surface area contributed by atoms with E-state index in [1.807, 2.05) is 18.2 Å². The third-order valence-electron chi connectivity index (χ3n) is 3.09. The highest BCUT2D eigenvalue weighted by atomic mass is 16.5. The van der Waals surface area contributed by atoms with Gasteiger partial charge in [-0.25, -0.2) is 15.8 Å². The summed E-state index contributed by atoms with van der Waals surface area (Å²) in [6.45, 7) is 2.89. The van der Waals surface area contributed by atoms with Crippen molar-refractivity contribution in [3.63, 3.8) is 0 Å². The van der Waals surface area contributed by atoms with E-state index < -0.39 is 0 Å². The first-order valence-corrected chi connectivity index (χ1v) is 6.40. The summed E-state index contributed by atoms with van der Waals surface area (Å²) >= 11 is 0. The molecule has 0 spiro atoms. The minimum Gasteiger partial charge on any atom is -0.490 e. The molecule has 0 saturated heterocycles. The lowest BCUT2D eigenvalue weighted by Crippen LogP contribution is -2.15. The van der Waals surface area contributed by atoms with Crippen molar-refractivity contribution < 1.29 is 4.74 Å². The third kappa shape index (κ3) is 3.16. The molecule has 106 valence electrons. The summed E-state index contributed by atoms with van der Waals surface area (Å²) in [5.41, 5.74) is 3.76. The van der Waals surface area contributed by atoms with Gasteiger partial charge in [0.2, 0.25) is 5.75 Å². The van der Waals surface area contributed by atoms with Crippen molar-refractivity contribution >= 4 is 11.6 Å². The van der Waals surface area contributed by atoms with E-state index in [1.54, 1.807) is 7.11 Å². The molecule has 1 heterocycles. The van der Waals surface area contributed by atoms with Gasteiger partial charge in [-0.1, -0.05) is 37.3 Å². The topological polar surface area (TPSA) is 85.1 Å². The monoisotopic (exact) mass is 273 g/mol. The molecule has 2 aromatic rings. The van der Waals surface area contributed by atoms with Gasteiger partial charge in [-0.2, -0.15) is 0 Å². The summed E-state index contributed by atoms with van der Waals surface area (Å²) < 4.78 is 5.28. The molecule has 0 aliphatic rings. The number of hydrazine groups is 1. The van der Waals surface area contributed by atoms with Gasteiger partial charge < -0.3 is 15.5 Å². The summed E-state index contributed by atoms with van der Waals surface area (Å²) in [6.07, 6.45) is 1.44. The highest BCUT2D eigenvalue weighted by molar-refractivity contribution is 5.63. The first-order chi connectivity index (χ1) is 9.76. The Labute approximate surface area is 118 Å². The number of rotatable bonds is 6. The number of nitrogens with two attached hydrogens (primary N) is 1. The first-order valence-electron chi connectivity index (χ1n) is 6.40. The van der Waals surface area contributed by atoms with Crippen LogP contribution in [0.2, 0.25) is 0 Å². The van der Waals surface area contributed by atoms with E-state index in [0.29, 0.717) is 23.3 Å². The fourth-order valence-corrected chi connectivity index (χ4v) is 1.95. The zero-order valence-corrected chi connectivity index (χ0v) is 11.6. The zero-order chi connectivity index (χ0) is 14.4. The summed E-state index contributed by atoms with van der Waals surface area (Å²) in [7, 11) is 1.56. The number of methoxy groups -OCH3 is 1. The van der Waals surface area contributed by atoms with Crippen LogP contribution in [0.5, 0.6) is 5.75 Å². The molecular weight excluding hydrogens is 254 g/mol. The highest BCUT2D eigenvalue weighted by Gasteiger charge is 2.12. The molecule has 0 amide bonds. The number of hydrogen-bond acceptors (Lipinski definition) is 6. The van der Waals surface area contributed by atoms with Crippen molar-refractivity contribution in [1.29, 1.82) is 0 Å². The summed E-state index contributed by atoms with van der Waals surface area (Å²) in [5, 5.41) is 3.27. The normalized spacial score (nSPS) is 11.8. The number of ether oxygens (including phenoxy) is 1. The van der Waals surface area contributed by atoms with Crippen LogP contribution in [0.1, 0.15) is 18.4 Å². The van der Waals surface area contributed by atoms with Crippen LogP contribution in [0, 0.1) is 0 Å². The Morgan fingerprint density at radius 2 is 1.90 bits per heavy atom. The van der Waals surface area contributed by atoms with Crippen molar-refractivity contribution in [3.05, 3.63) is 42.2 Å². The van der Waals surface area contributed by atoms with Gasteiger partial charge in [-0.3, -0.25) is 0 Å². The van der Waals surface area contributed by atoms with Crippen LogP contribution in [-0.4, -0.2) is 23.6 Å². The molecule has 1 aromatic heterocycles. The van der Waals surface area contributed by atoms with E-state index in [2.05, 4.69) is 39.8 Å². The maximum absolute atomic E-state index is 5.39. The number of benzene rings is 1. The molecule has 0 aliphatic heterocycles. The lowest BCUT2D eigenvalue weighted by atomic mass is 10.0. The Bertz CT molecular complexity index is 547. The molecule has 2 rings (SSSR count). The van der Waals surface area contributed by atoms with Gasteiger partial charge in [0.05, 0.1) is 7.11 Å². The van der Waals surface area contributed by atoms with Gasteiger partial charge in [-0.05, 0) is 11.5 Å². The standard InChI is InChI=1S/C14H19N5O/c1-10(11-6-4-3-5-7-11)8-16-13-12(20-2)14(19-15)18-9-17-13/h3-7,9-10H,8,15H2,1-2H3,(H2,16,17,18,19). The van der Waals surface area contributed by atoms with Crippen LogP contribution in [0.25, 0.3) is 0 Å². The van der Waals surface area contributed by atoms with Crippen molar-refractivity contribution in [3.8, 4) is 5.75 Å². The first kappa shape index (κ1) is 14.1. The fraction of sp³-hybridized carbons (Fsp3) is 0.286. The number of hydrogen-bond donors (Lipinski definition) is 3. The molecule has 6 nitrogen and oxygen atoms in total. The molecule has 0 fully saturated rings. The second kappa shape index (κ2) is 6.72. The van der Waals surface area contributed by atoms with Crippen LogP contribution < -0.4 is 21.3 Å². The minimum atomic E-state index is 0.352. The lowest BCUT2D eigenvalue weighted by molar-refractivity contribution is 0.414. The lowest BCUT2D eigenvalue weighted by Gasteiger charge is -2.16. The Balaban J connectivity index is 2.07. The fourth-order valence-electron chi connectivity index (χ4n) is 1.95. The molecule has 6 heteroatoms. The smallest absolute Gasteiger partial charge is 0.205 e. The minimum absolute atomic E-state index is 0.352. The SMILES string of the molecule is COc1c(NN)ncnc1NCC(C)c1ccccc1. The number of nitrogens with zero attached hydrogens (tertiary/aromatic N) is 2. The molecule has 1 unspecified atom stereocenters. The van der Waals surface area contributed by atoms with Crippen molar-refractivity contribution in [1.82, 2.24) is 9.97 Å². The molecule has 0 aliphatic carbocycles. The van der Waals surface area contributed by atoms with Gasteiger partial charge in [0.25, 0.3) is 0 Å². The molecule has 0 bridgehead atoms. The van der Waals surface area contributed by atoms with Crippen molar-refractivity contribution in [2.45, 2.75) is 12.8 Å². The Morgan fingerprint density at radius 1 is 1.20 bits per heavy atom.